The Kier molecular flexibility index (Phi) is 4.73. The number of rotatable bonds is 4. The van der Waals surface area contributed by atoms with Crippen molar-refractivity contribution in [2.75, 3.05) is 5.73 Å². The van der Waals surface area contributed by atoms with Crippen LogP contribution >= 0.6 is 23.2 Å². The fourth-order valence-electron chi connectivity index (χ4n) is 1.94. The zero-order valence-corrected chi connectivity index (χ0v) is 13.5. The zero-order valence-electron chi connectivity index (χ0n) is 11.2. The second-order valence-electron chi connectivity index (χ2n) is 4.33. The summed E-state index contributed by atoms with van der Waals surface area (Å²) in [5.41, 5.74) is 7.78. The summed E-state index contributed by atoms with van der Waals surface area (Å²) in [6.45, 7) is 4.47. The molecule has 0 amide bonds. The number of nitrogens with zero attached hydrogens (tertiary/aromatic N) is 2. The van der Waals surface area contributed by atoms with E-state index in [-0.39, 0.29) is 5.75 Å². The molecule has 0 aliphatic heterocycles. The Bertz CT molecular complexity index is 670. The minimum atomic E-state index is -1.29. The first-order chi connectivity index (χ1) is 9.43. The van der Waals surface area contributed by atoms with E-state index in [2.05, 4.69) is 5.10 Å². The van der Waals surface area contributed by atoms with Crippen LogP contribution in [-0.4, -0.2) is 14.0 Å². The predicted molar refractivity (Wildman–Crippen MR) is 83.6 cm³/mol. The van der Waals surface area contributed by atoms with E-state index in [9.17, 15) is 4.21 Å². The number of anilines is 1. The number of nitrogens with two attached hydrogens (primary N) is 1. The van der Waals surface area contributed by atoms with Crippen LogP contribution in [0.4, 0.5) is 5.69 Å². The Labute approximate surface area is 130 Å². The summed E-state index contributed by atoms with van der Waals surface area (Å²) < 4.78 is 14.2. The van der Waals surface area contributed by atoms with Gasteiger partial charge < -0.3 is 5.73 Å². The number of halogens is 2. The van der Waals surface area contributed by atoms with Crippen molar-refractivity contribution in [2.24, 2.45) is 0 Å². The molecule has 2 rings (SSSR count). The smallest absolute Gasteiger partial charge is 0.0856 e. The van der Waals surface area contributed by atoms with Crippen LogP contribution < -0.4 is 5.73 Å². The van der Waals surface area contributed by atoms with Crippen molar-refractivity contribution in [3.63, 3.8) is 0 Å². The third kappa shape index (κ3) is 3.00. The SMILES string of the molecule is CCn1nc(C)c(Cl)c1CS(=O)c1ccc(Cl)cc1N. The zero-order chi connectivity index (χ0) is 14.9. The third-order valence-electron chi connectivity index (χ3n) is 2.94. The van der Waals surface area contributed by atoms with Crippen LogP contribution in [0.25, 0.3) is 0 Å². The van der Waals surface area contributed by atoms with Crippen LogP contribution in [-0.2, 0) is 23.1 Å². The van der Waals surface area contributed by atoms with Crippen LogP contribution in [0.2, 0.25) is 10.0 Å². The van der Waals surface area contributed by atoms with Crippen molar-refractivity contribution >= 4 is 39.7 Å². The van der Waals surface area contributed by atoms with Gasteiger partial charge in [-0.3, -0.25) is 8.89 Å². The van der Waals surface area contributed by atoms with Crippen LogP contribution in [0.3, 0.4) is 0 Å². The molecule has 4 nitrogen and oxygen atoms in total. The number of nitrogen functional groups attached to an aromatic ring is 1. The lowest BCUT2D eigenvalue weighted by Crippen LogP contribution is -2.07. The lowest BCUT2D eigenvalue weighted by Gasteiger charge is -2.08. The average Bonchev–Trinajstić information content (AvgIpc) is 2.66. The molecule has 2 aromatic rings. The summed E-state index contributed by atoms with van der Waals surface area (Å²) in [6.07, 6.45) is 0. The second-order valence-corrected chi connectivity index (χ2v) is 6.57. The summed E-state index contributed by atoms with van der Waals surface area (Å²) >= 11 is 12.1. The highest BCUT2D eigenvalue weighted by Crippen LogP contribution is 2.26. The van der Waals surface area contributed by atoms with E-state index < -0.39 is 10.8 Å². The monoisotopic (exact) mass is 331 g/mol. The second kappa shape index (κ2) is 6.16. The minimum Gasteiger partial charge on any atom is -0.398 e. The number of hydrogen-bond acceptors (Lipinski definition) is 3. The highest BCUT2D eigenvalue weighted by molar-refractivity contribution is 7.84. The van der Waals surface area contributed by atoms with Gasteiger partial charge in [-0.25, -0.2) is 0 Å². The maximum absolute atomic E-state index is 12.5. The first-order valence-corrected chi connectivity index (χ1v) is 8.16. The van der Waals surface area contributed by atoms with E-state index in [1.165, 1.54) is 0 Å². The molecule has 0 saturated carbocycles. The lowest BCUT2D eigenvalue weighted by molar-refractivity contribution is 0.627. The number of aryl methyl sites for hydroxylation is 2. The molecule has 7 heteroatoms. The molecule has 0 radical (unpaired) electrons. The summed E-state index contributed by atoms with van der Waals surface area (Å²) in [7, 11) is -1.29. The quantitative estimate of drug-likeness (QED) is 0.873. The third-order valence-corrected chi connectivity index (χ3v) is 5.06. The van der Waals surface area contributed by atoms with E-state index in [1.54, 1.807) is 22.9 Å². The van der Waals surface area contributed by atoms with Gasteiger partial charge in [0.15, 0.2) is 0 Å². The predicted octanol–water partition coefficient (Wildman–Crippen LogP) is 3.41. The van der Waals surface area contributed by atoms with Gasteiger partial charge in [0.05, 0.1) is 37.9 Å². The first kappa shape index (κ1) is 15.4. The van der Waals surface area contributed by atoms with E-state index >= 15 is 0 Å². The van der Waals surface area contributed by atoms with Gasteiger partial charge >= 0.3 is 0 Å². The van der Waals surface area contributed by atoms with Crippen LogP contribution in [0, 0.1) is 6.92 Å². The topological polar surface area (TPSA) is 60.9 Å². The first-order valence-electron chi connectivity index (χ1n) is 6.09. The molecule has 1 unspecified atom stereocenters. The molecule has 0 saturated heterocycles. The maximum Gasteiger partial charge on any atom is 0.0856 e. The molecular weight excluding hydrogens is 317 g/mol. The Morgan fingerprint density at radius 3 is 2.70 bits per heavy atom. The highest BCUT2D eigenvalue weighted by atomic mass is 35.5. The highest BCUT2D eigenvalue weighted by Gasteiger charge is 2.17. The van der Waals surface area contributed by atoms with E-state index in [4.69, 9.17) is 28.9 Å². The summed E-state index contributed by atoms with van der Waals surface area (Å²) in [6, 6.07) is 4.95. The number of aromatic nitrogens is 2. The average molecular weight is 332 g/mol. The van der Waals surface area contributed by atoms with E-state index in [0.717, 1.165) is 11.4 Å². The normalized spacial score (nSPS) is 12.6. The van der Waals surface area contributed by atoms with Gasteiger partial charge in [-0.15, -0.1) is 0 Å². The van der Waals surface area contributed by atoms with Gasteiger partial charge in [-0.05, 0) is 32.0 Å². The van der Waals surface area contributed by atoms with Gasteiger partial charge in [0, 0.05) is 17.3 Å². The Hall–Kier alpha value is -1.04. The van der Waals surface area contributed by atoms with E-state index in [1.807, 2.05) is 13.8 Å². The molecule has 1 aromatic carbocycles. The largest absolute Gasteiger partial charge is 0.398 e. The van der Waals surface area contributed by atoms with E-state index in [0.29, 0.717) is 27.2 Å². The number of benzene rings is 1. The van der Waals surface area contributed by atoms with Crippen molar-refractivity contribution in [3.8, 4) is 0 Å². The molecule has 108 valence electrons. The fraction of sp³-hybridized carbons (Fsp3) is 0.308. The summed E-state index contributed by atoms with van der Waals surface area (Å²) in [5.74, 6) is 0.277. The summed E-state index contributed by atoms with van der Waals surface area (Å²) in [5, 5.41) is 5.40. The van der Waals surface area contributed by atoms with Gasteiger partial charge in [0.2, 0.25) is 0 Å². The van der Waals surface area contributed by atoms with Crippen molar-refractivity contribution < 1.29 is 4.21 Å². The fourth-order valence-corrected chi connectivity index (χ4v) is 3.64. The van der Waals surface area contributed by atoms with Gasteiger partial charge in [0.25, 0.3) is 0 Å². The molecule has 0 bridgehead atoms. The van der Waals surface area contributed by atoms with Gasteiger partial charge in [0.1, 0.15) is 0 Å². The lowest BCUT2D eigenvalue weighted by atomic mass is 10.3. The molecule has 0 fully saturated rings. The maximum atomic E-state index is 12.5. The van der Waals surface area contributed by atoms with Crippen molar-refractivity contribution in [2.45, 2.75) is 31.0 Å². The van der Waals surface area contributed by atoms with Crippen LogP contribution in [0.15, 0.2) is 23.1 Å². The van der Waals surface area contributed by atoms with Crippen molar-refractivity contribution in [1.29, 1.82) is 0 Å². The Morgan fingerprint density at radius 1 is 1.40 bits per heavy atom. The summed E-state index contributed by atoms with van der Waals surface area (Å²) in [4.78, 5) is 0.562. The molecule has 20 heavy (non-hydrogen) atoms. The molecular formula is C13H15Cl2N3OS. The molecule has 1 atom stereocenters. The van der Waals surface area contributed by atoms with Gasteiger partial charge in [-0.2, -0.15) is 5.10 Å². The standard InChI is InChI=1S/C13H15Cl2N3OS/c1-3-18-11(13(15)8(2)17-18)7-20(19)12-5-4-9(14)6-10(12)16/h4-6H,3,7,16H2,1-2H3. The van der Waals surface area contributed by atoms with Crippen molar-refractivity contribution in [1.82, 2.24) is 9.78 Å². The van der Waals surface area contributed by atoms with Crippen LogP contribution in [0.5, 0.6) is 0 Å². The molecule has 0 aliphatic carbocycles. The van der Waals surface area contributed by atoms with Crippen molar-refractivity contribution in [3.05, 3.63) is 39.6 Å². The Balaban J connectivity index is 2.32. The molecule has 0 spiro atoms. The minimum absolute atomic E-state index is 0.277. The number of hydrogen-bond donors (Lipinski definition) is 1. The molecule has 0 aliphatic rings. The molecule has 1 aromatic heterocycles. The molecule has 2 N–H and O–H groups in total. The van der Waals surface area contributed by atoms with Gasteiger partial charge in [-0.1, -0.05) is 23.2 Å². The van der Waals surface area contributed by atoms with Crippen LogP contribution in [0.1, 0.15) is 18.3 Å². The molecule has 1 heterocycles. The Morgan fingerprint density at radius 2 is 2.10 bits per heavy atom.